The monoisotopic (exact) mass is 576 g/mol. The molecule has 0 radical (unpaired) electrons. The topological polar surface area (TPSA) is 121 Å². The van der Waals surface area contributed by atoms with E-state index in [0.29, 0.717) is 33.5 Å². The van der Waals surface area contributed by atoms with E-state index in [4.69, 9.17) is 16.7 Å². The molecule has 0 unspecified atom stereocenters. The lowest BCUT2D eigenvalue weighted by molar-refractivity contribution is -0.118. The van der Waals surface area contributed by atoms with Gasteiger partial charge in [-0.25, -0.2) is 19.9 Å². The number of rotatable bonds is 8. The third-order valence-electron chi connectivity index (χ3n) is 6.24. The Morgan fingerprint density at radius 1 is 1.07 bits per heavy atom. The molecule has 5 rings (SSSR count). The molecule has 3 heterocycles. The number of amides is 1. The van der Waals surface area contributed by atoms with Crippen LogP contribution in [0.4, 0.5) is 0 Å². The predicted octanol–water partition coefficient (Wildman–Crippen LogP) is 3.20. The predicted molar refractivity (Wildman–Crippen MR) is 156 cm³/mol. The maximum atomic E-state index is 12.7. The number of benzene rings is 2. The van der Waals surface area contributed by atoms with Crippen molar-refractivity contribution in [3.63, 3.8) is 0 Å². The first kappa shape index (κ1) is 27.2. The lowest BCUT2D eigenvalue weighted by atomic mass is 10.1. The van der Waals surface area contributed by atoms with Crippen LogP contribution in [0.3, 0.4) is 0 Å². The highest BCUT2D eigenvalue weighted by Gasteiger charge is 2.19. The van der Waals surface area contributed by atoms with Gasteiger partial charge >= 0.3 is 5.69 Å². The Kier molecular flexibility index (Phi) is 7.71. The fourth-order valence-corrected chi connectivity index (χ4v) is 5.17. The van der Waals surface area contributed by atoms with E-state index in [0.717, 1.165) is 27.6 Å². The lowest BCUT2D eigenvalue weighted by Crippen LogP contribution is -2.37. The molecule has 0 atom stereocenters. The molecule has 40 heavy (non-hydrogen) atoms. The number of hydrogen-bond donors (Lipinski definition) is 1. The van der Waals surface area contributed by atoms with Gasteiger partial charge < -0.3 is 4.57 Å². The Balaban J connectivity index is 1.34. The summed E-state index contributed by atoms with van der Waals surface area (Å²) in [7, 11) is 2.99. The van der Waals surface area contributed by atoms with Gasteiger partial charge in [-0.3, -0.25) is 18.7 Å². The molecular formula is C27H25ClN8O3S. The molecule has 0 saturated carbocycles. The Hall–Kier alpha value is -4.42. The number of nitrogens with zero attached hydrogens (tertiary/aromatic N) is 7. The van der Waals surface area contributed by atoms with Crippen molar-refractivity contribution in [2.24, 2.45) is 19.2 Å². The van der Waals surface area contributed by atoms with Crippen LogP contribution < -0.4 is 16.7 Å². The Morgan fingerprint density at radius 2 is 1.80 bits per heavy atom. The molecule has 0 aliphatic heterocycles. The van der Waals surface area contributed by atoms with Crippen LogP contribution in [-0.2, 0) is 25.4 Å². The highest BCUT2D eigenvalue weighted by molar-refractivity contribution is 7.99. The van der Waals surface area contributed by atoms with Crippen LogP contribution in [0.15, 0.2) is 80.6 Å². The molecule has 0 fully saturated rings. The van der Waals surface area contributed by atoms with Gasteiger partial charge in [0.05, 0.1) is 17.7 Å². The van der Waals surface area contributed by atoms with Crippen molar-refractivity contribution >= 4 is 46.6 Å². The molecule has 3 aromatic heterocycles. The van der Waals surface area contributed by atoms with E-state index in [9.17, 15) is 14.4 Å². The summed E-state index contributed by atoms with van der Waals surface area (Å²) in [4.78, 5) is 42.1. The van der Waals surface area contributed by atoms with Crippen LogP contribution in [0.5, 0.6) is 0 Å². The number of carbonyl (C=O) groups excluding carboxylic acids is 1. The fraction of sp³-hybridized carbons (Fsp3) is 0.185. The lowest BCUT2D eigenvalue weighted by Gasteiger charge is -2.06. The fourth-order valence-electron chi connectivity index (χ4n) is 4.19. The number of aryl methyl sites for hydroxylation is 2. The van der Waals surface area contributed by atoms with Crippen molar-refractivity contribution in [2.45, 2.75) is 18.6 Å². The molecule has 13 heteroatoms. The number of thioether (sulfide) groups is 1. The minimum Gasteiger partial charge on any atom is -0.313 e. The standard InChI is InChI=1S/C27H25ClN8O3S/c1-4-35-23-24(33(2)27(39)34(3)25(23)38)30-26(35)40-16-21(37)31-29-14-18-15-36(20-8-6-5-7-9-20)32-22(18)17-10-12-19(28)13-11-17/h5-15H,4,16H2,1-3H3,(H,31,37)/b29-14+. The quantitative estimate of drug-likeness (QED) is 0.172. The third-order valence-corrected chi connectivity index (χ3v) is 7.46. The van der Waals surface area contributed by atoms with Gasteiger partial charge in [0.25, 0.3) is 11.5 Å². The Labute approximate surface area is 237 Å². The average molecular weight is 577 g/mol. The third kappa shape index (κ3) is 5.23. The summed E-state index contributed by atoms with van der Waals surface area (Å²) in [5.41, 5.74) is 5.35. The van der Waals surface area contributed by atoms with Crippen molar-refractivity contribution in [2.75, 3.05) is 5.75 Å². The highest BCUT2D eigenvalue weighted by atomic mass is 35.5. The Morgan fingerprint density at radius 3 is 2.50 bits per heavy atom. The molecule has 0 aliphatic carbocycles. The summed E-state index contributed by atoms with van der Waals surface area (Å²) < 4.78 is 5.82. The number of halogens is 1. The Bertz CT molecular complexity index is 1850. The van der Waals surface area contributed by atoms with E-state index in [1.54, 1.807) is 34.6 Å². The molecule has 1 amide bonds. The van der Waals surface area contributed by atoms with Crippen LogP contribution in [0.25, 0.3) is 28.1 Å². The molecule has 1 N–H and O–H groups in total. The summed E-state index contributed by atoms with van der Waals surface area (Å²) in [6.45, 7) is 2.32. The first-order chi connectivity index (χ1) is 19.3. The SMILES string of the molecule is CCn1c(SCC(=O)N/N=C/c2cn(-c3ccccc3)nc2-c2ccc(Cl)cc2)nc2c1c(=O)n(C)c(=O)n2C. The van der Waals surface area contributed by atoms with E-state index in [1.807, 2.05) is 55.6 Å². The second-order valence-corrected chi connectivity index (χ2v) is 10.2. The van der Waals surface area contributed by atoms with E-state index >= 15 is 0 Å². The maximum Gasteiger partial charge on any atom is 0.332 e. The second-order valence-electron chi connectivity index (χ2n) is 8.82. The first-order valence-electron chi connectivity index (χ1n) is 12.3. The maximum absolute atomic E-state index is 12.7. The van der Waals surface area contributed by atoms with Gasteiger partial charge in [-0.2, -0.15) is 10.2 Å². The van der Waals surface area contributed by atoms with Gasteiger partial charge in [0, 0.05) is 43.0 Å². The first-order valence-corrected chi connectivity index (χ1v) is 13.7. The minimum absolute atomic E-state index is 0.00222. The summed E-state index contributed by atoms with van der Waals surface area (Å²) in [6.07, 6.45) is 3.37. The number of aromatic nitrogens is 6. The summed E-state index contributed by atoms with van der Waals surface area (Å²) in [5.74, 6) is -0.358. The van der Waals surface area contributed by atoms with Crippen LogP contribution >= 0.6 is 23.4 Å². The zero-order valence-corrected chi connectivity index (χ0v) is 23.5. The van der Waals surface area contributed by atoms with Crippen molar-refractivity contribution in [1.82, 2.24) is 33.9 Å². The molecule has 5 aromatic rings. The van der Waals surface area contributed by atoms with Gasteiger partial charge in [-0.05, 0) is 31.2 Å². The van der Waals surface area contributed by atoms with Crippen molar-refractivity contribution in [3.8, 4) is 16.9 Å². The minimum atomic E-state index is -0.463. The molecule has 0 bridgehead atoms. The average Bonchev–Trinajstić information content (AvgIpc) is 3.56. The normalized spacial score (nSPS) is 11.5. The summed E-state index contributed by atoms with van der Waals surface area (Å²) in [5, 5.41) is 9.96. The van der Waals surface area contributed by atoms with Gasteiger partial charge in [-0.15, -0.1) is 0 Å². The molecule has 0 aliphatic rings. The summed E-state index contributed by atoms with van der Waals surface area (Å²) >= 11 is 7.22. The van der Waals surface area contributed by atoms with E-state index < -0.39 is 11.2 Å². The van der Waals surface area contributed by atoms with E-state index in [-0.39, 0.29) is 17.3 Å². The molecule has 2 aromatic carbocycles. The van der Waals surface area contributed by atoms with Crippen LogP contribution in [0.1, 0.15) is 12.5 Å². The number of imidazole rings is 1. The van der Waals surface area contributed by atoms with Crippen LogP contribution in [-0.4, -0.2) is 46.3 Å². The van der Waals surface area contributed by atoms with Gasteiger partial charge in [0.2, 0.25) is 0 Å². The van der Waals surface area contributed by atoms with Gasteiger partial charge in [-0.1, -0.05) is 53.7 Å². The second kappa shape index (κ2) is 11.4. The number of para-hydroxylation sites is 1. The van der Waals surface area contributed by atoms with E-state index in [1.165, 1.54) is 11.6 Å². The molecule has 0 spiro atoms. The van der Waals surface area contributed by atoms with Crippen molar-refractivity contribution < 1.29 is 4.79 Å². The number of carbonyl (C=O) groups is 1. The molecule has 11 nitrogen and oxygen atoms in total. The highest BCUT2D eigenvalue weighted by Crippen LogP contribution is 2.25. The summed E-state index contributed by atoms with van der Waals surface area (Å²) in [6, 6.07) is 17.0. The van der Waals surface area contributed by atoms with E-state index in [2.05, 4.69) is 15.5 Å². The van der Waals surface area contributed by atoms with Crippen LogP contribution in [0, 0.1) is 0 Å². The largest absolute Gasteiger partial charge is 0.332 e. The zero-order chi connectivity index (χ0) is 28.4. The molecular weight excluding hydrogens is 552 g/mol. The molecule has 0 saturated heterocycles. The van der Waals surface area contributed by atoms with Crippen molar-refractivity contribution in [1.29, 1.82) is 0 Å². The number of fused-ring (bicyclic) bond motifs is 1. The van der Waals surface area contributed by atoms with Crippen LogP contribution in [0.2, 0.25) is 5.02 Å². The molecule has 204 valence electrons. The zero-order valence-electron chi connectivity index (χ0n) is 21.9. The number of hydrogen-bond acceptors (Lipinski definition) is 7. The smallest absolute Gasteiger partial charge is 0.313 e. The van der Waals surface area contributed by atoms with Crippen molar-refractivity contribution in [3.05, 3.63) is 92.2 Å². The number of nitrogens with one attached hydrogen (secondary N) is 1. The van der Waals surface area contributed by atoms with Gasteiger partial charge in [0.15, 0.2) is 16.3 Å². The van der Waals surface area contributed by atoms with Gasteiger partial charge in [0.1, 0.15) is 5.69 Å². The number of hydrazone groups is 1.